The molecule has 4 nitrogen and oxygen atoms in total. The number of rotatable bonds is 3. The molecule has 0 aliphatic heterocycles. The molecule has 5 heteroatoms. The number of fused-ring (bicyclic) bond motifs is 1. The molecular formula is C16H14BrN3O. The Morgan fingerprint density at radius 2 is 2.05 bits per heavy atom. The third-order valence-corrected chi connectivity index (χ3v) is 4.23. The highest BCUT2D eigenvalue weighted by atomic mass is 79.9. The van der Waals surface area contributed by atoms with Crippen molar-refractivity contribution in [2.75, 3.05) is 0 Å². The third-order valence-electron chi connectivity index (χ3n) is 3.37. The zero-order valence-corrected chi connectivity index (χ0v) is 13.1. The van der Waals surface area contributed by atoms with Crippen molar-refractivity contribution in [1.29, 1.82) is 0 Å². The Labute approximate surface area is 130 Å². The molecule has 0 fully saturated rings. The lowest BCUT2D eigenvalue weighted by Crippen LogP contribution is -2.24. The van der Waals surface area contributed by atoms with Gasteiger partial charge in [0, 0.05) is 10.0 Å². The van der Waals surface area contributed by atoms with E-state index >= 15 is 0 Å². The standard InChI is InChI=1S/C16H14BrN3O/c1-10-11(5-4-6-12(10)17)16(21)18-9-15-19-13-7-2-3-8-14(13)20-15/h2-8H,9H2,1H3,(H,18,21)(H,19,20). The Kier molecular flexibility index (Phi) is 3.75. The number of nitrogens with zero attached hydrogens (tertiary/aromatic N) is 1. The van der Waals surface area contributed by atoms with Crippen LogP contribution in [0.25, 0.3) is 11.0 Å². The highest BCUT2D eigenvalue weighted by molar-refractivity contribution is 9.10. The fraction of sp³-hybridized carbons (Fsp3) is 0.125. The van der Waals surface area contributed by atoms with Crippen LogP contribution in [0.1, 0.15) is 21.7 Å². The van der Waals surface area contributed by atoms with Gasteiger partial charge in [-0.25, -0.2) is 4.98 Å². The molecule has 106 valence electrons. The fourth-order valence-electron chi connectivity index (χ4n) is 2.20. The summed E-state index contributed by atoms with van der Waals surface area (Å²) in [7, 11) is 0. The van der Waals surface area contributed by atoms with E-state index in [2.05, 4.69) is 31.2 Å². The van der Waals surface area contributed by atoms with E-state index in [0.717, 1.165) is 26.9 Å². The van der Waals surface area contributed by atoms with E-state index in [1.54, 1.807) is 0 Å². The van der Waals surface area contributed by atoms with Crippen LogP contribution >= 0.6 is 15.9 Å². The van der Waals surface area contributed by atoms with E-state index in [-0.39, 0.29) is 5.91 Å². The molecule has 0 spiro atoms. The Morgan fingerprint density at radius 3 is 2.86 bits per heavy atom. The molecule has 1 aromatic heterocycles. The number of H-pyrrole nitrogens is 1. The van der Waals surface area contributed by atoms with Crippen LogP contribution in [0, 0.1) is 6.92 Å². The lowest BCUT2D eigenvalue weighted by atomic mass is 10.1. The second-order valence-electron chi connectivity index (χ2n) is 4.80. The number of benzene rings is 2. The van der Waals surface area contributed by atoms with Gasteiger partial charge < -0.3 is 10.3 Å². The van der Waals surface area contributed by atoms with Crippen molar-refractivity contribution in [3.8, 4) is 0 Å². The number of carbonyl (C=O) groups is 1. The molecule has 1 amide bonds. The molecule has 2 aromatic carbocycles. The molecule has 0 radical (unpaired) electrons. The number of aromatic nitrogens is 2. The van der Waals surface area contributed by atoms with Gasteiger partial charge in [-0.15, -0.1) is 0 Å². The minimum absolute atomic E-state index is 0.103. The van der Waals surface area contributed by atoms with Crippen LogP contribution in [0.2, 0.25) is 0 Å². The van der Waals surface area contributed by atoms with Crippen LogP contribution in [0.15, 0.2) is 46.9 Å². The highest BCUT2D eigenvalue weighted by Gasteiger charge is 2.11. The van der Waals surface area contributed by atoms with E-state index < -0.39 is 0 Å². The van der Waals surface area contributed by atoms with Crippen LogP contribution in [0.3, 0.4) is 0 Å². The molecule has 0 saturated carbocycles. The molecule has 3 aromatic rings. The monoisotopic (exact) mass is 343 g/mol. The van der Waals surface area contributed by atoms with Gasteiger partial charge >= 0.3 is 0 Å². The van der Waals surface area contributed by atoms with Gasteiger partial charge in [0.1, 0.15) is 5.82 Å². The van der Waals surface area contributed by atoms with E-state index in [9.17, 15) is 4.79 Å². The second kappa shape index (κ2) is 5.69. The topological polar surface area (TPSA) is 57.8 Å². The highest BCUT2D eigenvalue weighted by Crippen LogP contribution is 2.19. The van der Waals surface area contributed by atoms with E-state index in [1.165, 1.54) is 0 Å². The fourth-order valence-corrected chi connectivity index (χ4v) is 2.57. The van der Waals surface area contributed by atoms with Crippen molar-refractivity contribution in [3.63, 3.8) is 0 Å². The molecule has 0 saturated heterocycles. The second-order valence-corrected chi connectivity index (χ2v) is 5.65. The molecule has 2 N–H and O–H groups in total. The van der Waals surface area contributed by atoms with Gasteiger partial charge in [0.15, 0.2) is 0 Å². The van der Waals surface area contributed by atoms with Crippen molar-refractivity contribution < 1.29 is 4.79 Å². The number of hydrogen-bond acceptors (Lipinski definition) is 2. The molecule has 1 heterocycles. The number of hydrogen-bond donors (Lipinski definition) is 2. The first kappa shape index (κ1) is 13.8. The number of halogens is 1. The van der Waals surface area contributed by atoms with Gasteiger partial charge in [0.25, 0.3) is 5.91 Å². The van der Waals surface area contributed by atoms with Crippen LogP contribution in [-0.2, 0) is 6.54 Å². The smallest absolute Gasteiger partial charge is 0.251 e. The lowest BCUT2D eigenvalue weighted by Gasteiger charge is -2.07. The zero-order chi connectivity index (χ0) is 14.8. The molecule has 0 aliphatic rings. The number of para-hydroxylation sites is 2. The number of carbonyl (C=O) groups excluding carboxylic acids is 1. The molecular weight excluding hydrogens is 330 g/mol. The van der Waals surface area contributed by atoms with Gasteiger partial charge in [-0.2, -0.15) is 0 Å². The van der Waals surface area contributed by atoms with Crippen molar-refractivity contribution in [2.45, 2.75) is 13.5 Å². The minimum Gasteiger partial charge on any atom is -0.345 e. The maximum Gasteiger partial charge on any atom is 0.251 e. The first-order chi connectivity index (χ1) is 10.1. The summed E-state index contributed by atoms with van der Waals surface area (Å²) in [6.07, 6.45) is 0. The van der Waals surface area contributed by atoms with Gasteiger partial charge in [0.2, 0.25) is 0 Å². The summed E-state index contributed by atoms with van der Waals surface area (Å²) in [4.78, 5) is 19.9. The third kappa shape index (κ3) is 2.83. The van der Waals surface area contributed by atoms with E-state index in [0.29, 0.717) is 12.1 Å². The minimum atomic E-state index is -0.103. The predicted octanol–water partition coefficient (Wildman–Crippen LogP) is 3.56. The summed E-state index contributed by atoms with van der Waals surface area (Å²) in [5.41, 5.74) is 3.47. The van der Waals surface area contributed by atoms with E-state index in [4.69, 9.17) is 0 Å². The normalized spacial score (nSPS) is 10.8. The Balaban J connectivity index is 1.75. The van der Waals surface area contributed by atoms with Crippen molar-refractivity contribution in [3.05, 3.63) is 63.9 Å². The first-order valence-corrected chi connectivity index (χ1v) is 7.41. The number of aromatic amines is 1. The average molecular weight is 344 g/mol. The molecule has 21 heavy (non-hydrogen) atoms. The SMILES string of the molecule is Cc1c(Br)cccc1C(=O)NCc1nc2ccccc2[nH]1. The van der Waals surface area contributed by atoms with Crippen LogP contribution in [-0.4, -0.2) is 15.9 Å². The summed E-state index contributed by atoms with van der Waals surface area (Å²) in [6, 6.07) is 13.4. The number of amides is 1. The van der Waals surface area contributed by atoms with Crippen LogP contribution in [0.5, 0.6) is 0 Å². The summed E-state index contributed by atoms with van der Waals surface area (Å²) in [5.74, 6) is 0.645. The van der Waals surface area contributed by atoms with Crippen LogP contribution < -0.4 is 5.32 Å². The van der Waals surface area contributed by atoms with Gasteiger partial charge in [0.05, 0.1) is 17.6 Å². The summed E-state index contributed by atoms with van der Waals surface area (Å²) < 4.78 is 0.930. The molecule has 0 atom stereocenters. The molecule has 0 bridgehead atoms. The van der Waals surface area contributed by atoms with Crippen molar-refractivity contribution in [2.24, 2.45) is 0 Å². The van der Waals surface area contributed by atoms with E-state index in [1.807, 2.05) is 49.4 Å². The Bertz CT molecular complexity index is 777. The molecule has 3 rings (SSSR count). The number of nitrogens with one attached hydrogen (secondary N) is 2. The summed E-state index contributed by atoms with van der Waals surface area (Å²) in [6.45, 7) is 2.29. The first-order valence-electron chi connectivity index (χ1n) is 6.62. The number of imidazole rings is 1. The predicted molar refractivity (Wildman–Crippen MR) is 86.1 cm³/mol. The van der Waals surface area contributed by atoms with Gasteiger partial charge in [-0.05, 0) is 36.8 Å². The van der Waals surface area contributed by atoms with Gasteiger partial charge in [-0.1, -0.05) is 34.1 Å². The van der Waals surface area contributed by atoms with Crippen molar-refractivity contribution in [1.82, 2.24) is 15.3 Å². The lowest BCUT2D eigenvalue weighted by molar-refractivity contribution is 0.0949. The quantitative estimate of drug-likeness (QED) is 0.763. The van der Waals surface area contributed by atoms with Gasteiger partial charge in [-0.3, -0.25) is 4.79 Å². The summed E-state index contributed by atoms with van der Waals surface area (Å²) in [5, 5.41) is 2.89. The maximum absolute atomic E-state index is 12.2. The van der Waals surface area contributed by atoms with Crippen molar-refractivity contribution >= 4 is 32.9 Å². The summed E-state index contributed by atoms with van der Waals surface area (Å²) >= 11 is 3.44. The van der Waals surface area contributed by atoms with Crippen LogP contribution in [0.4, 0.5) is 0 Å². The Morgan fingerprint density at radius 1 is 1.24 bits per heavy atom. The Hall–Kier alpha value is -2.14. The average Bonchev–Trinajstić information content (AvgIpc) is 2.90. The molecule has 0 aliphatic carbocycles. The zero-order valence-electron chi connectivity index (χ0n) is 11.5. The largest absolute Gasteiger partial charge is 0.345 e. The molecule has 0 unspecified atom stereocenters. The maximum atomic E-state index is 12.2.